The van der Waals surface area contributed by atoms with Crippen LogP contribution in [-0.2, 0) is 23.4 Å². The van der Waals surface area contributed by atoms with E-state index in [1.165, 1.54) is 13.4 Å². The summed E-state index contributed by atoms with van der Waals surface area (Å²) in [6.07, 6.45) is 1.76. The summed E-state index contributed by atoms with van der Waals surface area (Å²) in [5, 5.41) is 16.9. The lowest BCUT2D eigenvalue weighted by atomic mass is 9.99. The molecule has 3 heterocycles. The summed E-state index contributed by atoms with van der Waals surface area (Å²) in [6, 6.07) is -0.884. The van der Waals surface area contributed by atoms with Crippen molar-refractivity contribution in [2.45, 2.75) is 84.8 Å². The molecule has 1 aliphatic rings. The Morgan fingerprint density at radius 3 is 2.77 bits per heavy atom. The molecule has 0 aliphatic carbocycles. The topological polar surface area (TPSA) is 185 Å². The van der Waals surface area contributed by atoms with Crippen molar-refractivity contribution in [1.82, 2.24) is 29.7 Å². The van der Waals surface area contributed by atoms with E-state index in [0.29, 0.717) is 17.7 Å². The number of fused-ring (bicyclic) bond motifs is 1. The van der Waals surface area contributed by atoms with Crippen molar-refractivity contribution in [2.24, 2.45) is 5.41 Å². The van der Waals surface area contributed by atoms with Gasteiger partial charge < -0.3 is 29.6 Å². The van der Waals surface area contributed by atoms with E-state index >= 15 is 0 Å². The van der Waals surface area contributed by atoms with Gasteiger partial charge in [-0.25, -0.2) is 15.2 Å². The van der Waals surface area contributed by atoms with Crippen LogP contribution in [0, 0.1) is 5.41 Å². The number of imidazole rings is 1. The summed E-state index contributed by atoms with van der Waals surface area (Å²) in [6.45, 7) is 11.6. The quantitative estimate of drug-likeness (QED) is 0.156. The predicted molar refractivity (Wildman–Crippen MR) is 145 cm³/mol. The van der Waals surface area contributed by atoms with Crippen molar-refractivity contribution in [2.75, 3.05) is 32.6 Å². The summed E-state index contributed by atoms with van der Waals surface area (Å²) in [5.41, 5.74) is 4.98. The number of esters is 1. The molecular weight excluding hydrogens is 529 g/mol. The van der Waals surface area contributed by atoms with E-state index in [1.807, 2.05) is 27.7 Å². The molecule has 5 unspecified atom stereocenters. The number of nitrogens with one attached hydrogen (secondary N) is 2. The third kappa shape index (κ3) is 8.09. The molecule has 15 heteroatoms. The molecule has 0 spiro atoms. The third-order valence-electron chi connectivity index (χ3n) is 6.00. The van der Waals surface area contributed by atoms with Crippen LogP contribution in [0.25, 0.3) is 11.2 Å². The second kappa shape index (κ2) is 12.4. The van der Waals surface area contributed by atoms with Gasteiger partial charge in [0.25, 0.3) is 0 Å². The monoisotopic (exact) mass is 571 g/mol. The van der Waals surface area contributed by atoms with Crippen molar-refractivity contribution in [3.63, 3.8) is 0 Å². The number of hydrogen-bond acceptors (Lipinski definition) is 11. The second-order valence-corrected chi connectivity index (χ2v) is 13.2. The first-order chi connectivity index (χ1) is 18.2. The highest BCUT2D eigenvalue weighted by atomic mass is 31.2. The minimum absolute atomic E-state index is 0.0149. The van der Waals surface area contributed by atoms with E-state index in [0.717, 1.165) is 12.8 Å². The number of hydrogen-bond donors (Lipinski definition) is 4. The zero-order chi connectivity index (χ0) is 29.0. The van der Waals surface area contributed by atoms with Crippen molar-refractivity contribution in [3.8, 4) is 5.88 Å². The fourth-order valence-corrected chi connectivity index (χ4v) is 5.76. The zero-order valence-corrected chi connectivity index (χ0v) is 24.7. The van der Waals surface area contributed by atoms with Crippen LogP contribution in [0.5, 0.6) is 5.88 Å². The average Bonchev–Trinajstić information content (AvgIpc) is 3.39. The van der Waals surface area contributed by atoms with Crippen molar-refractivity contribution >= 4 is 30.8 Å². The Kier molecular flexibility index (Phi) is 9.95. The first kappa shape index (κ1) is 31.2. The maximum atomic E-state index is 13.7. The molecule has 3 rings (SSSR count). The molecule has 0 aromatic carbocycles. The minimum atomic E-state index is -3.69. The fraction of sp³-hybridized carbons (Fsp3) is 0.750. The number of unbranched alkanes of at least 4 members (excludes halogenated alkanes) is 1. The van der Waals surface area contributed by atoms with Gasteiger partial charge in [0.2, 0.25) is 11.8 Å². The van der Waals surface area contributed by atoms with Gasteiger partial charge >= 0.3 is 13.6 Å². The number of carbonyl (C=O) groups excluding carboxylic acids is 1. The largest absolute Gasteiger partial charge is 0.479 e. The van der Waals surface area contributed by atoms with Gasteiger partial charge in [0.15, 0.2) is 17.4 Å². The number of nitrogen functional groups attached to an aromatic ring is 1. The molecule has 0 radical (unpaired) electrons. The van der Waals surface area contributed by atoms with Gasteiger partial charge in [-0.3, -0.25) is 13.9 Å². The Labute approximate surface area is 228 Å². The molecule has 220 valence electrons. The molecule has 0 saturated carbocycles. The summed E-state index contributed by atoms with van der Waals surface area (Å²) in [7, 11) is -2.24. The van der Waals surface area contributed by atoms with Gasteiger partial charge in [0.1, 0.15) is 11.6 Å². The highest BCUT2D eigenvalue weighted by molar-refractivity contribution is 7.54. The average molecular weight is 572 g/mol. The van der Waals surface area contributed by atoms with Crippen molar-refractivity contribution < 1.29 is 33.2 Å². The zero-order valence-electron chi connectivity index (χ0n) is 23.8. The number of methoxy groups -OCH3 is 1. The molecule has 1 fully saturated rings. The summed E-state index contributed by atoms with van der Waals surface area (Å²) in [5.74, 6) is -0.345. The van der Waals surface area contributed by atoms with Crippen LogP contribution < -0.4 is 20.6 Å². The van der Waals surface area contributed by atoms with Crippen molar-refractivity contribution in [1.29, 1.82) is 0 Å². The number of nitrogens with two attached hydrogens (primary N) is 1. The lowest BCUT2D eigenvalue weighted by Crippen LogP contribution is -2.39. The molecule has 1 aliphatic heterocycles. The maximum Gasteiger partial charge on any atom is 0.341 e. The van der Waals surface area contributed by atoms with E-state index in [2.05, 4.69) is 25.1 Å². The number of nitrogens with zero attached hydrogens (tertiary/aromatic N) is 4. The smallest absolute Gasteiger partial charge is 0.341 e. The highest BCUT2D eigenvalue weighted by Crippen LogP contribution is 2.43. The SMILES string of the molecule is CCCCNP(=O)(NC(C)C(=O)OCC(C)(C)C)OCC1CC(C)(O)C(n2cnc3c(OC)nc(N)nc32)O1. The first-order valence-corrected chi connectivity index (χ1v) is 14.7. The Bertz CT molecular complexity index is 1180. The molecule has 14 nitrogen and oxygen atoms in total. The molecule has 0 amide bonds. The molecule has 5 N–H and O–H groups in total. The number of carbonyl (C=O) groups is 1. The lowest BCUT2D eigenvalue weighted by Gasteiger charge is -2.26. The van der Waals surface area contributed by atoms with Crippen LogP contribution in [0.2, 0.25) is 0 Å². The van der Waals surface area contributed by atoms with E-state index in [-0.39, 0.29) is 36.9 Å². The van der Waals surface area contributed by atoms with Gasteiger partial charge in [-0.05, 0) is 25.7 Å². The van der Waals surface area contributed by atoms with E-state index in [9.17, 15) is 14.5 Å². The molecule has 39 heavy (non-hydrogen) atoms. The van der Waals surface area contributed by atoms with E-state index < -0.39 is 37.6 Å². The molecular formula is C24H42N7O7P. The van der Waals surface area contributed by atoms with Gasteiger partial charge in [0, 0.05) is 13.0 Å². The summed E-state index contributed by atoms with van der Waals surface area (Å²) in [4.78, 5) is 25.1. The molecule has 2 aromatic heterocycles. The molecule has 2 aromatic rings. The minimum Gasteiger partial charge on any atom is -0.479 e. The molecule has 0 bridgehead atoms. The normalized spacial score (nSPS) is 24.0. The van der Waals surface area contributed by atoms with Gasteiger partial charge in [-0.1, -0.05) is 34.1 Å². The fourth-order valence-electron chi connectivity index (χ4n) is 4.06. The molecule has 5 atom stereocenters. The van der Waals surface area contributed by atoms with Gasteiger partial charge in [-0.2, -0.15) is 9.97 Å². The maximum absolute atomic E-state index is 13.7. The van der Waals surface area contributed by atoms with Crippen LogP contribution in [0.1, 0.15) is 67.0 Å². The predicted octanol–water partition coefficient (Wildman–Crippen LogP) is 2.54. The van der Waals surface area contributed by atoms with Crippen LogP contribution in [0.4, 0.5) is 5.95 Å². The Morgan fingerprint density at radius 1 is 1.41 bits per heavy atom. The second-order valence-electron chi connectivity index (χ2n) is 11.2. The van der Waals surface area contributed by atoms with Crippen LogP contribution >= 0.6 is 7.67 Å². The highest BCUT2D eigenvalue weighted by Gasteiger charge is 2.46. The standard InChI is InChI=1S/C24H42N7O7P/c1-8-9-10-27-39(34,30-15(2)20(32)36-13-23(3,4)5)37-12-16-11-24(6,33)21(38-16)31-14-26-17-18(31)28-22(25)29-19(17)35-7/h14-16,21,33H,8-13H2,1-7H3,(H2,25,28,29)(H2,27,30,34). The number of anilines is 1. The third-order valence-corrected chi connectivity index (χ3v) is 7.88. The Balaban J connectivity index is 1.72. The van der Waals surface area contributed by atoms with Crippen LogP contribution in [-0.4, -0.2) is 75.2 Å². The summed E-state index contributed by atoms with van der Waals surface area (Å²) >= 11 is 0. The van der Waals surface area contributed by atoms with E-state index in [4.69, 9.17) is 24.5 Å². The number of ether oxygens (including phenoxy) is 3. The first-order valence-electron chi connectivity index (χ1n) is 13.0. The Morgan fingerprint density at radius 2 is 2.13 bits per heavy atom. The number of aliphatic hydroxyl groups is 1. The van der Waals surface area contributed by atoms with Crippen molar-refractivity contribution in [3.05, 3.63) is 6.33 Å². The van der Waals surface area contributed by atoms with Crippen LogP contribution in [0.3, 0.4) is 0 Å². The van der Waals surface area contributed by atoms with Gasteiger partial charge in [0.05, 0.1) is 32.8 Å². The Hall–Kier alpha value is -2.35. The van der Waals surface area contributed by atoms with E-state index in [1.54, 1.807) is 18.4 Å². The van der Waals surface area contributed by atoms with Crippen LogP contribution in [0.15, 0.2) is 6.33 Å². The summed E-state index contributed by atoms with van der Waals surface area (Å²) < 4.78 is 37.8. The van der Waals surface area contributed by atoms with Gasteiger partial charge in [-0.15, -0.1) is 0 Å². The number of aromatic nitrogens is 4. The number of rotatable bonds is 13. The molecule has 1 saturated heterocycles. The lowest BCUT2D eigenvalue weighted by molar-refractivity contribution is -0.148.